The highest BCUT2D eigenvalue weighted by atomic mass is 32.1. The molecule has 6 nitrogen and oxygen atoms in total. The number of fused-ring (bicyclic) bond motifs is 1. The Kier molecular flexibility index (Phi) is 5.55. The van der Waals surface area contributed by atoms with Crippen LogP contribution in [0.5, 0.6) is 11.5 Å². The SMILES string of the molecule is CCOc1ccc(CN2CCc3[nH]c(=S)[nH]c(=O)c3C2)cc1OCC. The molecule has 0 atom stereocenters. The highest BCUT2D eigenvalue weighted by molar-refractivity contribution is 7.71. The summed E-state index contributed by atoms with van der Waals surface area (Å²) < 4.78 is 11.7. The first-order valence-electron chi connectivity index (χ1n) is 8.56. The average Bonchev–Trinajstić information content (AvgIpc) is 2.58. The zero-order chi connectivity index (χ0) is 17.8. The Bertz CT molecular complexity index is 859. The number of ether oxygens (including phenoxy) is 2. The maximum Gasteiger partial charge on any atom is 0.256 e. The second-order valence-corrected chi connectivity index (χ2v) is 6.38. The number of benzene rings is 1. The van der Waals surface area contributed by atoms with E-state index in [1.807, 2.05) is 32.0 Å². The second-order valence-electron chi connectivity index (χ2n) is 5.97. The van der Waals surface area contributed by atoms with Gasteiger partial charge in [0.1, 0.15) is 0 Å². The summed E-state index contributed by atoms with van der Waals surface area (Å²) in [4.78, 5) is 20.1. The molecule has 1 aliphatic heterocycles. The molecule has 1 aromatic carbocycles. The number of rotatable bonds is 6. The van der Waals surface area contributed by atoms with Crippen molar-refractivity contribution in [2.75, 3.05) is 19.8 Å². The van der Waals surface area contributed by atoms with Gasteiger partial charge in [0.05, 0.1) is 18.8 Å². The molecule has 2 heterocycles. The van der Waals surface area contributed by atoms with Gasteiger partial charge in [0, 0.05) is 31.7 Å². The first-order valence-corrected chi connectivity index (χ1v) is 8.96. The predicted molar refractivity (Wildman–Crippen MR) is 98.8 cm³/mol. The lowest BCUT2D eigenvalue weighted by molar-refractivity contribution is 0.240. The van der Waals surface area contributed by atoms with E-state index in [9.17, 15) is 4.79 Å². The summed E-state index contributed by atoms with van der Waals surface area (Å²) in [5.74, 6) is 1.53. The van der Waals surface area contributed by atoms with Gasteiger partial charge in [0.2, 0.25) is 0 Å². The van der Waals surface area contributed by atoms with E-state index in [0.717, 1.165) is 47.8 Å². The van der Waals surface area contributed by atoms with Crippen molar-refractivity contribution < 1.29 is 9.47 Å². The van der Waals surface area contributed by atoms with E-state index in [4.69, 9.17) is 21.7 Å². The molecule has 7 heteroatoms. The number of hydrogen-bond donors (Lipinski definition) is 2. The van der Waals surface area contributed by atoms with Gasteiger partial charge >= 0.3 is 0 Å². The van der Waals surface area contributed by atoms with Crippen LogP contribution in [0.3, 0.4) is 0 Å². The van der Waals surface area contributed by atoms with Gasteiger partial charge in [0.15, 0.2) is 16.3 Å². The summed E-state index contributed by atoms with van der Waals surface area (Å²) in [6.07, 6.45) is 0.790. The summed E-state index contributed by atoms with van der Waals surface area (Å²) in [6, 6.07) is 6.02. The quantitative estimate of drug-likeness (QED) is 0.774. The van der Waals surface area contributed by atoms with Crippen molar-refractivity contribution in [3.05, 3.63) is 50.1 Å². The third-order valence-corrected chi connectivity index (χ3v) is 4.41. The number of aromatic nitrogens is 2. The van der Waals surface area contributed by atoms with Crippen LogP contribution in [-0.2, 0) is 19.5 Å². The van der Waals surface area contributed by atoms with Gasteiger partial charge in [-0.2, -0.15) is 0 Å². The van der Waals surface area contributed by atoms with Crippen molar-refractivity contribution in [2.24, 2.45) is 0 Å². The lowest BCUT2D eigenvalue weighted by Crippen LogP contribution is -2.35. The van der Waals surface area contributed by atoms with Crippen LogP contribution in [0.15, 0.2) is 23.0 Å². The van der Waals surface area contributed by atoms with Gasteiger partial charge in [-0.1, -0.05) is 6.07 Å². The molecule has 1 aliphatic rings. The number of hydrogen-bond acceptors (Lipinski definition) is 5. The Morgan fingerprint density at radius 3 is 2.68 bits per heavy atom. The van der Waals surface area contributed by atoms with Crippen molar-refractivity contribution in [3.63, 3.8) is 0 Å². The smallest absolute Gasteiger partial charge is 0.256 e. The minimum atomic E-state index is -0.0925. The summed E-state index contributed by atoms with van der Waals surface area (Å²) in [5.41, 5.74) is 2.77. The van der Waals surface area contributed by atoms with E-state index in [-0.39, 0.29) is 5.56 Å². The van der Waals surface area contributed by atoms with Crippen LogP contribution in [0.25, 0.3) is 0 Å². The Balaban J connectivity index is 1.78. The molecule has 2 N–H and O–H groups in total. The highest BCUT2D eigenvalue weighted by Crippen LogP contribution is 2.29. The van der Waals surface area contributed by atoms with Crippen LogP contribution in [0, 0.1) is 4.77 Å². The summed E-state index contributed by atoms with van der Waals surface area (Å²) in [7, 11) is 0. The molecule has 0 saturated heterocycles. The molecule has 25 heavy (non-hydrogen) atoms. The normalized spacial score (nSPS) is 14.2. The number of nitrogens with one attached hydrogen (secondary N) is 2. The largest absolute Gasteiger partial charge is 0.490 e. The fraction of sp³-hybridized carbons (Fsp3) is 0.444. The molecule has 0 amide bonds. The van der Waals surface area contributed by atoms with E-state index in [1.165, 1.54) is 0 Å². The van der Waals surface area contributed by atoms with Gasteiger partial charge < -0.3 is 14.5 Å². The fourth-order valence-electron chi connectivity index (χ4n) is 3.10. The predicted octanol–water partition coefficient (Wildman–Crippen LogP) is 2.79. The molecular formula is C18H23N3O3S. The fourth-order valence-corrected chi connectivity index (χ4v) is 3.32. The summed E-state index contributed by atoms with van der Waals surface area (Å²) in [5, 5.41) is 0. The Morgan fingerprint density at radius 2 is 1.92 bits per heavy atom. The molecule has 2 aromatic rings. The van der Waals surface area contributed by atoms with E-state index < -0.39 is 0 Å². The zero-order valence-corrected chi connectivity index (χ0v) is 15.4. The van der Waals surface area contributed by atoms with Crippen LogP contribution in [-0.4, -0.2) is 34.6 Å². The first-order chi connectivity index (χ1) is 12.1. The van der Waals surface area contributed by atoms with Crippen molar-refractivity contribution in [1.82, 2.24) is 14.9 Å². The summed E-state index contributed by atoms with van der Waals surface area (Å²) in [6.45, 7) is 7.34. The van der Waals surface area contributed by atoms with Crippen molar-refractivity contribution >= 4 is 12.2 Å². The molecule has 0 unspecified atom stereocenters. The van der Waals surface area contributed by atoms with Crippen LogP contribution >= 0.6 is 12.2 Å². The Hall–Kier alpha value is -2.12. The van der Waals surface area contributed by atoms with E-state index >= 15 is 0 Å². The summed E-state index contributed by atoms with van der Waals surface area (Å²) >= 11 is 5.04. The second kappa shape index (κ2) is 7.84. The van der Waals surface area contributed by atoms with Gasteiger partial charge in [-0.15, -0.1) is 0 Å². The van der Waals surface area contributed by atoms with Crippen molar-refractivity contribution in [3.8, 4) is 11.5 Å². The minimum Gasteiger partial charge on any atom is -0.490 e. The molecule has 0 spiro atoms. The third kappa shape index (κ3) is 4.11. The average molecular weight is 361 g/mol. The highest BCUT2D eigenvalue weighted by Gasteiger charge is 2.20. The molecule has 0 aliphatic carbocycles. The zero-order valence-electron chi connectivity index (χ0n) is 14.6. The van der Waals surface area contributed by atoms with Crippen LogP contribution in [0.4, 0.5) is 0 Å². The monoisotopic (exact) mass is 361 g/mol. The van der Waals surface area contributed by atoms with E-state index in [2.05, 4.69) is 14.9 Å². The number of nitrogens with zero attached hydrogens (tertiary/aromatic N) is 1. The van der Waals surface area contributed by atoms with Crippen molar-refractivity contribution in [2.45, 2.75) is 33.4 Å². The standard InChI is InChI=1S/C18H23N3O3S/c1-3-23-15-6-5-12(9-16(15)24-4-2)10-21-8-7-14-13(11-21)17(22)20-18(25)19-14/h5-6,9H,3-4,7-8,10-11H2,1-2H3,(H2,19,20,22,25). The van der Waals surface area contributed by atoms with Crippen LogP contribution in [0.2, 0.25) is 0 Å². The van der Waals surface area contributed by atoms with Gasteiger partial charge in [-0.25, -0.2) is 0 Å². The van der Waals surface area contributed by atoms with E-state index in [1.54, 1.807) is 0 Å². The molecule has 0 saturated carbocycles. The number of H-pyrrole nitrogens is 2. The molecule has 0 bridgehead atoms. The molecule has 1 aromatic heterocycles. The van der Waals surface area contributed by atoms with Gasteiger partial charge in [0.25, 0.3) is 5.56 Å². The number of aromatic amines is 2. The lowest BCUT2D eigenvalue weighted by Gasteiger charge is -2.28. The van der Waals surface area contributed by atoms with Crippen LogP contribution in [0.1, 0.15) is 30.7 Å². The minimum absolute atomic E-state index is 0.0925. The maximum atomic E-state index is 12.1. The molecule has 0 fully saturated rings. The molecular weight excluding hydrogens is 338 g/mol. The van der Waals surface area contributed by atoms with Gasteiger partial charge in [-0.05, 0) is 43.8 Å². The van der Waals surface area contributed by atoms with Gasteiger partial charge in [-0.3, -0.25) is 14.7 Å². The Labute approximate surface area is 151 Å². The van der Waals surface area contributed by atoms with Crippen molar-refractivity contribution in [1.29, 1.82) is 0 Å². The lowest BCUT2D eigenvalue weighted by atomic mass is 10.1. The Morgan fingerprint density at radius 1 is 1.16 bits per heavy atom. The molecule has 0 radical (unpaired) electrons. The third-order valence-electron chi connectivity index (χ3n) is 4.20. The topological polar surface area (TPSA) is 70.3 Å². The van der Waals surface area contributed by atoms with E-state index in [0.29, 0.717) is 24.5 Å². The van der Waals surface area contributed by atoms with Crippen LogP contribution < -0.4 is 15.0 Å². The molecule has 134 valence electrons. The first kappa shape index (κ1) is 17.7. The molecule has 3 rings (SSSR count). The maximum absolute atomic E-state index is 12.1.